The summed E-state index contributed by atoms with van der Waals surface area (Å²) in [6.07, 6.45) is 0.587. The van der Waals surface area contributed by atoms with E-state index in [1.807, 2.05) is 34.6 Å². The molecule has 1 aliphatic rings. The van der Waals surface area contributed by atoms with E-state index in [-0.39, 0.29) is 23.3 Å². The maximum absolute atomic E-state index is 13.0. The first-order chi connectivity index (χ1) is 11.9. The first-order valence-electron chi connectivity index (χ1n) is 8.87. The van der Waals surface area contributed by atoms with Crippen LogP contribution in [0.4, 0.5) is 4.79 Å². The molecule has 0 aromatic heterocycles. The van der Waals surface area contributed by atoms with Gasteiger partial charge < -0.3 is 0 Å². The molecule has 1 fully saturated rings. The fraction of sp³-hybridized carbons (Fsp3) is 0.579. The van der Waals surface area contributed by atoms with Crippen molar-refractivity contribution < 1.29 is 18.0 Å². The summed E-state index contributed by atoms with van der Waals surface area (Å²) in [7, 11) is -4.01. The Balaban J connectivity index is 2.47. The van der Waals surface area contributed by atoms with Crippen LogP contribution >= 0.6 is 0 Å². The zero-order valence-corrected chi connectivity index (χ0v) is 17.1. The monoisotopic (exact) mass is 380 g/mol. The number of imide groups is 1. The number of hydrogen-bond acceptors (Lipinski definition) is 4. The van der Waals surface area contributed by atoms with Crippen molar-refractivity contribution >= 4 is 22.0 Å². The van der Waals surface area contributed by atoms with Gasteiger partial charge in [-0.05, 0) is 30.9 Å². The molecule has 26 heavy (non-hydrogen) atoms. The van der Waals surface area contributed by atoms with E-state index in [0.29, 0.717) is 6.42 Å². The molecular weight excluding hydrogens is 352 g/mol. The Morgan fingerprint density at radius 3 is 2.23 bits per heavy atom. The minimum atomic E-state index is -4.01. The predicted molar refractivity (Wildman–Crippen MR) is 100 cm³/mol. The van der Waals surface area contributed by atoms with E-state index in [1.165, 1.54) is 12.1 Å². The number of carbonyl (C=O) groups is 2. The van der Waals surface area contributed by atoms with Crippen molar-refractivity contribution in [3.05, 3.63) is 29.8 Å². The molecule has 1 aromatic carbocycles. The SMILES string of the molecule is CC[C@H](C)C(=O)N1C(=O)N(S(=O)(=O)c2ccc(C)cc2)C[C@H]1C(C)(C)C. The number of sulfonamides is 1. The van der Waals surface area contributed by atoms with Gasteiger partial charge in [-0.15, -0.1) is 0 Å². The molecule has 1 aromatic rings. The Kier molecular flexibility index (Phi) is 5.52. The third kappa shape index (κ3) is 3.63. The van der Waals surface area contributed by atoms with Gasteiger partial charge in [0, 0.05) is 5.92 Å². The van der Waals surface area contributed by atoms with Crippen LogP contribution in [0.15, 0.2) is 29.2 Å². The van der Waals surface area contributed by atoms with Crippen LogP contribution < -0.4 is 0 Å². The quantitative estimate of drug-likeness (QED) is 0.802. The first kappa shape index (κ1) is 20.4. The Labute approximate surface area is 156 Å². The van der Waals surface area contributed by atoms with Crippen molar-refractivity contribution in [2.24, 2.45) is 11.3 Å². The van der Waals surface area contributed by atoms with E-state index in [4.69, 9.17) is 0 Å². The lowest BCUT2D eigenvalue weighted by atomic mass is 9.86. The number of aryl methyl sites for hydroxylation is 1. The van der Waals surface area contributed by atoms with Gasteiger partial charge in [0.1, 0.15) is 0 Å². The van der Waals surface area contributed by atoms with Gasteiger partial charge in [0.15, 0.2) is 0 Å². The van der Waals surface area contributed by atoms with Gasteiger partial charge in [-0.2, -0.15) is 0 Å². The lowest BCUT2D eigenvalue weighted by molar-refractivity contribution is -0.134. The van der Waals surface area contributed by atoms with Crippen LogP contribution in [0.1, 0.15) is 46.6 Å². The lowest BCUT2D eigenvalue weighted by Gasteiger charge is -2.33. The molecule has 2 rings (SSSR count). The van der Waals surface area contributed by atoms with Gasteiger partial charge in [0.2, 0.25) is 5.91 Å². The highest BCUT2D eigenvalue weighted by Crippen LogP contribution is 2.35. The molecule has 1 saturated heterocycles. The zero-order valence-electron chi connectivity index (χ0n) is 16.3. The summed E-state index contributed by atoms with van der Waals surface area (Å²) in [4.78, 5) is 27.0. The normalized spacial score (nSPS) is 19.8. The van der Waals surface area contributed by atoms with Crippen LogP contribution in [0.3, 0.4) is 0 Å². The number of carbonyl (C=O) groups excluding carboxylic acids is 2. The maximum atomic E-state index is 13.0. The van der Waals surface area contributed by atoms with Crippen LogP contribution in [0.2, 0.25) is 0 Å². The largest absolute Gasteiger partial charge is 0.341 e. The standard InChI is InChI=1S/C19H28N2O4S/c1-7-14(3)17(22)21-16(19(4,5)6)12-20(18(21)23)26(24,25)15-10-8-13(2)9-11-15/h8-11,14,16H,7,12H2,1-6H3/t14-,16-/m0/s1. The van der Waals surface area contributed by atoms with Crippen molar-refractivity contribution in [1.29, 1.82) is 0 Å². The van der Waals surface area contributed by atoms with E-state index >= 15 is 0 Å². The number of urea groups is 1. The zero-order chi connectivity index (χ0) is 19.9. The molecule has 0 aliphatic carbocycles. The molecule has 0 N–H and O–H groups in total. The number of benzene rings is 1. The van der Waals surface area contributed by atoms with Crippen molar-refractivity contribution in [3.63, 3.8) is 0 Å². The smallest absolute Gasteiger partial charge is 0.274 e. The van der Waals surface area contributed by atoms with Crippen molar-refractivity contribution in [2.75, 3.05) is 6.54 Å². The summed E-state index contributed by atoms with van der Waals surface area (Å²) in [5.41, 5.74) is 0.494. The minimum absolute atomic E-state index is 0.0271. The Bertz CT molecular complexity index is 794. The van der Waals surface area contributed by atoms with Gasteiger partial charge in [0.25, 0.3) is 10.0 Å². The van der Waals surface area contributed by atoms with Gasteiger partial charge in [-0.1, -0.05) is 52.3 Å². The minimum Gasteiger partial charge on any atom is -0.274 e. The molecule has 0 unspecified atom stereocenters. The molecule has 7 heteroatoms. The van der Waals surface area contributed by atoms with E-state index in [2.05, 4.69) is 0 Å². The molecule has 1 aliphatic heterocycles. The van der Waals surface area contributed by atoms with Gasteiger partial charge >= 0.3 is 6.03 Å². The van der Waals surface area contributed by atoms with Crippen LogP contribution in [0.25, 0.3) is 0 Å². The van der Waals surface area contributed by atoms with Crippen LogP contribution in [0, 0.1) is 18.3 Å². The second-order valence-electron chi connectivity index (χ2n) is 8.03. The van der Waals surface area contributed by atoms with Gasteiger partial charge in [-0.25, -0.2) is 17.5 Å². The molecule has 3 amide bonds. The summed E-state index contributed by atoms with van der Waals surface area (Å²) in [5.74, 6) is -0.662. The van der Waals surface area contributed by atoms with E-state index < -0.39 is 27.5 Å². The highest BCUT2D eigenvalue weighted by atomic mass is 32.2. The van der Waals surface area contributed by atoms with Gasteiger partial charge in [-0.3, -0.25) is 9.69 Å². The number of hydrogen-bond donors (Lipinski definition) is 0. The molecule has 0 spiro atoms. The number of nitrogens with zero attached hydrogens (tertiary/aromatic N) is 2. The average molecular weight is 381 g/mol. The molecule has 144 valence electrons. The third-order valence-electron chi connectivity index (χ3n) is 4.95. The first-order valence-corrected chi connectivity index (χ1v) is 10.3. The molecule has 0 bridgehead atoms. The summed E-state index contributed by atoms with van der Waals surface area (Å²) >= 11 is 0. The predicted octanol–water partition coefficient (Wildman–Crippen LogP) is 3.41. The third-order valence-corrected chi connectivity index (χ3v) is 6.70. The Hall–Kier alpha value is -1.89. The van der Waals surface area contributed by atoms with E-state index in [1.54, 1.807) is 19.1 Å². The Morgan fingerprint density at radius 1 is 1.23 bits per heavy atom. The summed E-state index contributed by atoms with van der Waals surface area (Å²) in [6.45, 7) is 11.2. The molecule has 2 atom stereocenters. The second-order valence-corrected chi connectivity index (χ2v) is 9.89. The number of rotatable bonds is 4. The average Bonchev–Trinajstić information content (AvgIpc) is 2.92. The van der Waals surface area contributed by atoms with Crippen molar-refractivity contribution in [3.8, 4) is 0 Å². The molecule has 6 nitrogen and oxygen atoms in total. The van der Waals surface area contributed by atoms with Crippen molar-refractivity contribution in [2.45, 2.75) is 58.9 Å². The summed E-state index contributed by atoms with van der Waals surface area (Å²) in [6, 6.07) is 5.10. The second kappa shape index (κ2) is 7.02. The lowest BCUT2D eigenvalue weighted by Crippen LogP contribution is -2.48. The highest BCUT2D eigenvalue weighted by Gasteiger charge is 2.51. The summed E-state index contributed by atoms with van der Waals surface area (Å²) < 4.78 is 26.8. The van der Waals surface area contributed by atoms with Crippen LogP contribution in [-0.4, -0.2) is 42.1 Å². The molecule has 0 radical (unpaired) electrons. The Morgan fingerprint density at radius 2 is 1.77 bits per heavy atom. The topological polar surface area (TPSA) is 74.8 Å². The summed E-state index contributed by atoms with van der Waals surface area (Å²) in [5, 5.41) is 0. The van der Waals surface area contributed by atoms with Crippen LogP contribution in [0.5, 0.6) is 0 Å². The van der Waals surface area contributed by atoms with E-state index in [0.717, 1.165) is 14.8 Å². The fourth-order valence-electron chi connectivity index (χ4n) is 2.93. The highest BCUT2D eigenvalue weighted by molar-refractivity contribution is 7.89. The molecule has 1 heterocycles. The molecule has 0 saturated carbocycles. The van der Waals surface area contributed by atoms with Crippen LogP contribution in [-0.2, 0) is 14.8 Å². The maximum Gasteiger partial charge on any atom is 0.341 e. The fourth-order valence-corrected chi connectivity index (χ4v) is 4.30. The molecular formula is C19H28N2O4S. The van der Waals surface area contributed by atoms with Crippen molar-refractivity contribution in [1.82, 2.24) is 9.21 Å². The van der Waals surface area contributed by atoms with Gasteiger partial charge in [0.05, 0.1) is 17.5 Å². The van der Waals surface area contributed by atoms with E-state index in [9.17, 15) is 18.0 Å². The number of amides is 3.